The van der Waals surface area contributed by atoms with Crippen molar-refractivity contribution >= 4 is 11.6 Å². The van der Waals surface area contributed by atoms with Gasteiger partial charge in [0.2, 0.25) is 5.91 Å². The van der Waals surface area contributed by atoms with E-state index in [1.807, 2.05) is 0 Å². The lowest BCUT2D eigenvalue weighted by Gasteiger charge is -2.23. The molecular weight excluding hydrogens is 301 g/mol. The third-order valence-corrected chi connectivity index (χ3v) is 2.97. The Hall–Kier alpha value is -1.80. The summed E-state index contributed by atoms with van der Waals surface area (Å²) in [6.45, 7) is 0.490. The molecule has 1 aromatic carbocycles. The quantitative estimate of drug-likeness (QED) is 0.871. The number of carbonyl (C=O) groups excluding carboxylic acids is 1. The van der Waals surface area contributed by atoms with E-state index in [0.717, 1.165) is 0 Å². The first-order valence-corrected chi connectivity index (χ1v) is 6.83. The molecule has 0 spiro atoms. The molecule has 1 aliphatic heterocycles. The molecule has 0 bridgehead atoms. The van der Waals surface area contributed by atoms with Crippen LogP contribution < -0.4 is 15.4 Å². The Morgan fingerprint density at radius 1 is 1.36 bits per heavy atom. The minimum absolute atomic E-state index is 0.0249. The van der Waals surface area contributed by atoms with Crippen LogP contribution in [-0.4, -0.2) is 44.5 Å². The van der Waals surface area contributed by atoms with E-state index < -0.39 is 12.8 Å². The van der Waals surface area contributed by atoms with Crippen LogP contribution in [0.15, 0.2) is 24.3 Å². The zero-order valence-electron chi connectivity index (χ0n) is 11.8. The number of nitrogens with one attached hydrogen (secondary N) is 2. The van der Waals surface area contributed by atoms with Gasteiger partial charge in [-0.1, -0.05) is 0 Å². The van der Waals surface area contributed by atoms with Gasteiger partial charge in [0.15, 0.2) is 6.61 Å². The molecule has 5 nitrogen and oxygen atoms in total. The average Bonchev–Trinajstić information content (AvgIpc) is 2.47. The smallest absolute Gasteiger partial charge is 0.422 e. The minimum Gasteiger partial charge on any atom is -0.484 e. The molecule has 0 saturated carbocycles. The Bertz CT molecular complexity index is 485. The molecule has 1 amide bonds. The molecule has 0 aliphatic carbocycles. The molecule has 1 heterocycles. The van der Waals surface area contributed by atoms with Gasteiger partial charge in [0.25, 0.3) is 0 Å². The van der Waals surface area contributed by atoms with Gasteiger partial charge < -0.3 is 20.1 Å². The fourth-order valence-electron chi connectivity index (χ4n) is 1.99. The number of rotatable bonds is 5. The summed E-state index contributed by atoms with van der Waals surface area (Å²) in [6, 6.07) is 5.72. The lowest BCUT2D eigenvalue weighted by molar-refractivity contribution is -0.153. The normalized spacial score (nSPS) is 18.8. The zero-order valence-corrected chi connectivity index (χ0v) is 11.8. The molecule has 0 aromatic heterocycles. The maximum Gasteiger partial charge on any atom is 0.422 e. The molecule has 1 saturated heterocycles. The van der Waals surface area contributed by atoms with E-state index >= 15 is 0 Å². The van der Waals surface area contributed by atoms with Crippen molar-refractivity contribution in [1.29, 1.82) is 0 Å². The van der Waals surface area contributed by atoms with Crippen molar-refractivity contribution in [3.05, 3.63) is 24.3 Å². The van der Waals surface area contributed by atoms with Gasteiger partial charge in [-0.2, -0.15) is 13.2 Å². The Kier molecular flexibility index (Phi) is 5.62. The topological polar surface area (TPSA) is 59.6 Å². The van der Waals surface area contributed by atoms with Crippen molar-refractivity contribution in [2.45, 2.75) is 18.6 Å². The maximum atomic E-state index is 12.0. The fourth-order valence-corrected chi connectivity index (χ4v) is 1.99. The second-order valence-electron chi connectivity index (χ2n) is 4.91. The second kappa shape index (κ2) is 7.46. The van der Waals surface area contributed by atoms with E-state index in [2.05, 4.69) is 15.4 Å². The molecule has 2 rings (SSSR count). The third-order valence-electron chi connectivity index (χ3n) is 2.97. The molecule has 1 aromatic rings. The number of hydrogen-bond acceptors (Lipinski definition) is 4. The number of hydrogen-bond donors (Lipinski definition) is 2. The van der Waals surface area contributed by atoms with Crippen LogP contribution in [-0.2, 0) is 9.53 Å². The maximum absolute atomic E-state index is 12.0. The summed E-state index contributed by atoms with van der Waals surface area (Å²) in [5.74, 6) is -0.0929. The number of carbonyl (C=O) groups is 1. The van der Waals surface area contributed by atoms with Gasteiger partial charge in [-0.3, -0.25) is 4.79 Å². The van der Waals surface area contributed by atoms with Crippen LogP contribution in [0.25, 0.3) is 0 Å². The van der Waals surface area contributed by atoms with Crippen LogP contribution in [0.5, 0.6) is 5.75 Å². The van der Waals surface area contributed by atoms with Gasteiger partial charge in [0.1, 0.15) is 5.75 Å². The summed E-state index contributed by atoms with van der Waals surface area (Å²) in [5, 5.41) is 5.84. The first-order valence-electron chi connectivity index (χ1n) is 6.83. The van der Waals surface area contributed by atoms with Crippen molar-refractivity contribution in [1.82, 2.24) is 5.32 Å². The monoisotopic (exact) mass is 318 g/mol. The van der Waals surface area contributed by atoms with E-state index in [1.54, 1.807) is 0 Å². The standard InChI is InChI=1S/C14H17F3N2O3/c15-14(16,17)9-22-12-3-1-10(2-4-12)19-13(20)7-11-8-21-6-5-18-11/h1-4,11,18H,5-9H2,(H,19,20). The van der Waals surface area contributed by atoms with Gasteiger partial charge in [0.05, 0.1) is 13.2 Å². The SMILES string of the molecule is O=C(CC1COCCN1)Nc1ccc(OCC(F)(F)F)cc1. The fraction of sp³-hybridized carbons (Fsp3) is 0.500. The predicted molar refractivity (Wildman–Crippen MR) is 73.8 cm³/mol. The summed E-state index contributed by atoms with van der Waals surface area (Å²) in [7, 11) is 0. The lowest BCUT2D eigenvalue weighted by atomic mass is 10.2. The Labute approximate surface area is 125 Å². The van der Waals surface area contributed by atoms with Crippen LogP contribution >= 0.6 is 0 Å². The molecule has 8 heteroatoms. The van der Waals surface area contributed by atoms with E-state index in [4.69, 9.17) is 4.74 Å². The summed E-state index contributed by atoms with van der Waals surface area (Å²) in [4.78, 5) is 11.8. The van der Waals surface area contributed by atoms with Gasteiger partial charge in [-0.15, -0.1) is 0 Å². The first-order chi connectivity index (χ1) is 10.4. The van der Waals surface area contributed by atoms with Crippen molar-refractivity contribution < 1.29 is 27.4 Å². The lowest BCUT2D eigenvalue weighted by Crippen LogP contribution is -2.43. The molecular formula is C14H17F3N2O3. The predicted octanol–water partition coefficient (Wildman–Crippen LogP) is 1.94. The van der Waals surface area contributed by atoms with Crippen molar-refractivity contribution in [2.75, 3.05) is 31.7 Å². The van der Waals surface area contributed by atoms with E-state index in [-0.39, 0.29) is 24.1 Å². The third kappa shape index (κ3) is 5.90. The first kappa shape index (κ1) is 16.6. The highest BCUT2D eigenvalue weighted by molar-refractivity contribution is 5.91. The average molecular weight is 318 g/mol. The molecule has 122 valence electrons. The van der Waals surface area contributed by atoms with Crippen LogP contribution in [0.1, 0.15) is 6.42 Å². The summed E-state index contributed by atoms with van der Waals surface area (Å²) in [6.07, 6.45) is -4.10. The van der Waals surface area contributed by atoms with Crippen molar-refractivity contribution in [3.63, 3.8) is 0 Å². The Morgan fingerprint density at radius 2 is 2.09 bits per heavy atom. The molecule has 0 radical (unpaired) electrons. The summed E-state index contributed by atoms with van der Waals surface area (Å²) >= 11 is 0. The molecule has 22 heavy (non-hydrogen) atoms. The number of anilines is 1. The number of benzene rings is 1. The van der Waals surface area contributed by atoms with Crippen LogP contribution in [0.4, 0.5) is 18.9 Å². The highest BCUT2D eigenvalue weighted by atomic mass is 19.4. The van der Waals surface area contributed by atoms with Crippen molar-refractivity contribution in [2.24, 2.45) is 0 Å². The van der Waals surface area contributed by atoms with Crippen LogP contribution in [0.2, 0.25) is 0 Å². The van der Waals surface area contributed by atoms with Crippen LogP contribution in [0, 0.1) is 0 Å². The van der Waals surface area contributed by atoms with Gasteiger partial charge in [0, 0.05) is 24.7 Å². The second-order valence-corrected chi connectivity index (χ2v) is 4.91. The van der Waals surface area contributed by atoms with Gasteiger partial charge >= 0.3 is 6.18 Å². The Morgan fingerprint density at radius 3 is 2.68 bits per heavy atom. The zero-order chi connectivity index (χ0) is 16.0. The molecule has 2 N–H and O–H groups in total. The van der Waals surface area contributed by atoms with Crippen LogP contribution in [0.3, 0.4) is 0 Å². The van der Waals surface area contributed by atoms with Gasteiger partial charge in [-0.25, -0.2) is 0 Å². The molecule has 1 unspecified atom stereocenters. The van der Waals surface area contributed by atoms with E-state index in [1.165, 1.54) is 24.3 Å². The minimum atomic E-state index is -4.37. The highest BCUT2D eigenvalue weighted by Gasteiger charge is 2.28. The number of morpholine rings is 1. The number of ether oxygens (including phenoxy) is 2. The summed E-state index contributed by atoms with van der Waals surface area (Å²) < 4.78 is 45.9. The Balaban J connectivity index is 1.79. The summed E-state index contributed by atoms with van der Waals surface area (Å²) in [5.41, 5.74) is 0.501. The number of amides is 1. The molecule has 1 aliphatic rings. The number of alkyl halides is 3. The molecule has 1 atom stereocenters. The van der Waals surface area contributed by atoms with E-state index in [0.29, 0.717) is 25.4 Å². The number of halogens is 3. The van der Waals surface area contributed by atoms with Gasteiger partial charge in [-0.05, 0) is 24.3 Å². The largest absolute Gasteiger partial charge is 0.484 e. The van der Waals surface area contributed by atoms with E-state index in [9.17, 15) is 18.0 Å². The highest BCUT2D eigenvalue weighted by Crippen LogP contribution is 2.20. The van der Waals surface area contributed by atoms with Crippen molar-refractivity contribution in [3.8, 4) is 5.75 Å². The molecule has 1 fully saturated rings.